The van der Waals surface area contributed by atoms with Gasteiger partial charge in [0.05, 0.1) is 0 Å². The zero-order valence-electron chi connectivity index (χ0n) is 4.74. The second kappa shape index (κ2) is 2.65. The zero-order chi connectivity index (χ0) is 7.72. The van der Waals surface area contributed by atoms with Crippen LogP contribution in [0.3, 0.4) is 0 Å². The van der Waals surface area contributed by atoms with Gasteiger partial charge in [0.15, 0.2) is 5.82 Å². The number of hydrogen-bond donors (Lipinski definition) is 1. The first-order valence-corrected chi connectivity index (χ1v) is 3.46. The van der Waals surface area contributed by atoms with Gasteiger partial charge in [0, 0.05) is 6.07 Å². The fourth-order valence-corrected chi connectivity index (χ4v) is 0.955. The number of pyridine rings is 1. The van der Waals surface area contributed by atoms with Crippen molar-refractivity contribution in [3.8, 4) is 0 Å². The predicted molar refractivity (Wildman–Crippen MR) is 41.3 cm³/mol. The van der Waals surface area contributed by atoms with Crippen LogP contribution in [0.25, 0.3) is 0 Å². The Labute approximate surface area is 69.6 Å². The molecule has 54 valence electrons. The monoisotopic (exact) mass is 256 g/mol. The summed E-state index contributed by atoms with van der Waals surface area (Å²) in [5.41, 5.74) is 5.03. The van der Waals surface area contributed by atoms with Crippen molar-refractivity contribution in [1.82, 2.24) is 4.98 Å². The van der Waals surface area contributed by atoms with Crippen molar-refractivity contribution in [2.24, 2.45) is 0 Å². The second-order valence-corrected chi connectivity index (χ2v) is 2.65. The minimum atomic E-state index is -0.851. The van der Waals surface area contributed by atoms with E-state index in [2.05, 4.69) is 4.98 Å². The van der Waals surface area contributed by atoms with E-state index < -0.39 is 11.8 Å². The first-order chi connectivity index (χ1) is 4.61. The molecule has 0 fully saturated rings. The molecule has 0 saturated heterocycles. The van der Waals surface area contributed by atoms with Crippen LogP contribution in [-0.4, -0.2) is 4.98 Å². The van der Waals surface area contributed by atoms with E-state index in [1.807, 2.05) is 0 Å². The van der Waals surface area contributed by atoms with Crippen LogP contribution in [0.5, 0.6) is 0 Å². The number of halogens is 3. The Morgan fingerprint density at radius 3 is 2.60 bits per heavy atom. The lowest BCUT2D eigenvalue weighted by Crippen LogP contribution is -1.98. The van der Waals surface area contributed by atoms with Crippen LogP contribution in [0, 0.1) is 15.5 Å². The third kappa shape index (κ3) is 1.34. The molecule has 0 atom stereocenters. The van der Waals surface area contributed by atoms with Crippen LogP contribution in [-0.2, 0) is 0 Å². The summed E-state index contributed by atoms with van der Waals surface area (Å²) in [5, 5.41) is 0. The Morgan fingerprint density at radius 1 is 1.50 bits per heavy atom. The van der Waals surface area contributed by atoms with Crippen molar-refractivity contribution in [3.63, 3.8) is 0 Å². The van der Waals surface area contributed by atoms with E-state index in [0.717, 1.165) is 0 Å². The average molecular weight is 256 g/mol. The van der Waals surface area contributed by atoms with E-state index in [0.29, 0.717) is 6.07 Å². The summed E-state index contributed by atoms with van der Waals surface area (Å²) in [4.78, 5) is 3.29. The van der Waals surface area contributed by atoms with Crippen molar-refractivity contribution in [1.29, 1.82) is 0 Å². The quantitative estimate of drug-likeness (QED) is 0.565. The first-order valence-electron chi connectivity index (χ1n) is 2.38. The Balaban J connectivity index is 3.31. The Hall–Kier alpha value is -0.460. The van der Waals surface area contributed by atoms with E-state index in [1.165, 1.54) is 0 Å². The zero-order valence-corrected chi connectivity index (χ0v) is 6.89. The molecule has 0 aromatic carbocycles. The van der Waals surface area contributed by atoms with Gasteiger partial charge in [-0.2, -0.15) is 4.39 Å². The number of nitrogens with two attached hydrogens (primary N) is 1. The molecule has 0 saturated carbocycles. The van der Waals surface area contributed by atoms with Gasteiger partial charge in [-0.15, -0.1) is 0 Å². The highest BCUT2D eigenvalue weighted by Crippen LogP contribution is 2.16. The highest BCUT2D eigenvalue weighted by atomic mass is 127. The minimum absolute atomic E-state index is 0.109. The van der Waals surface area contributed by atoms with Crippen molar-refractivity contribution in [3.05, 3.63) is 21.5 Å². The smallest absolute Gasteiger partial charge is 0.216 e. The van der Waals surface area contributed by atoms with Gasteiger partial charge < -0.3 is 5.73 Å². The Morgan fingerprint density at radius 2 is 2.10 bits per heavy atom. The molecule has 0 aliphatic heterocycles. The van der Waals surface area contributed by atoms with Crippen molar-refractivity contribution < 1.29 is 8.78 Å². The summed E-state index contributed by atoms with van der Waals surface area (Å²) in [5.74, 6) is -1.62. The van der Waals surface area contributed by atoms with Crippen molar-refractivity contribution in [2.45, 2.75) is 0 Å². The van der Waals surface area contributed by atoms with Gasteiger partial charge in [-0.05, 0) is 22.6 Å². The highest BCUT2D eigenvalue weighted by molar-refractivity contribution is 14.1. The first kappa shape index (κ1) is 7.64. The van der Waals surface area contributed by atoms with Gasteiger partial charge in [0.1, 0.15) is 9.39 Å². The van der Waals surface area contributed by atoms with E-state index in [-0.39, 0.29) is 9.39 Å². The highest BCUT2D eigenvalue weighted by Gasteiger charge is 2.05. The van der Waals surface area contributed by atoms with Crippen molar-refractivity contribution >= 4 is 28.3 Å². The Kier molecular flexibility index (Phi) is 2.02. The molecular formula is C5H3F2IN2. The molecule has 1 heterocycles. The molecule has 0 aliphatic carbocycles. The number of hydrogen-bond acceptors (Lipinski definition) is 2. The van der Waals surface area contributed by atoms with Crippen LogP contribution in [0.2, 0.25) is 0 Å². The number of aromatic nitrogens is 1. The standard InChI is InChI=1S/C5H3F2IN2/c6-2-1-3(7)10-5(8)4(2)9/h1H,9H2. The van der Waals surface area contributed by atoms with Crippen LogP contribution in [0.1, 0.15) is 0 Å². The fraction of sp³-hybridized carbons (Fsp3) is 0. The van der Waals surface area contributed by atoms with Gasteiger partial charge in [0.2, 0.25) is 5.95 Å². The van der Waals surface area contributed by atoms with Gasteiger partial charge >= 0.3 is 0 Å². The summed E-state index contributed by atoms with van der Waals surface area (Å²) in [6.07, 6.45) is 0. The maximum Gasteiger partial charge on any atom is 0.216 e. The number of nitrogen functional groups attached to an aromatic ring is 1. The summed E-state index contributed by atoms with van der Waals surface area (Å²) < 4.78 is 24.8. The summed E-state index contributed by atoms with van der Waals surface area (Å²) in [7, 11) is 0. The normalized spacial score (nSPS) is 9.90. The van der Waals surface area contributed by atoms with Crippen LogP contribution >= 0.6 is 22.6 Å². The molecule has 1 rings (SSSR count). The lowest BCUT2D eigenvalue weighted by molar-refractivity contribution is 0.551. The predicted octanol–water partition coefficient (Wildman–Crippen LogP) is 1.55. The molecule has 1 aromatic rings. The maximum atomic E-state index is 12.4. The molecule has 0 aliphatic rings. The topological polar surface area (TPSA) is 38.9 Å². The third-order valence-corrected chi connectivity index (χ3v) is 1.75. The summed E-state index contributed by atoms with van der Waals surface area (Å²) in [6, 6.07) is 0.650. The molecule has 5 heteroatoms. The minimum Gasteiger partial charge on any atom is -0.394 e. The van der Waals surface area contributed by atoms with E-state index in [1.54, 1.807) is 22.6 Å². The summed E-state index contributed by atoms with van der Waals surface area (Å²) >= 11 is 1.66. The molecule has 0 unspecified atom stereocenters. The van der Waals surface area contributed by atoms with E-state index in [9.17, 15) is 8.78 Å². The second-order valence-electron chi connectivity index (χ2n) is 1.63. The molecule has 1 aromatic heterocycles. The molecular weight excluding hydrogens is 253 g/mol. The molecule has 0 spiro atoms. The SMILES string of the molecule is Nc1c(F)cc(F)nc1I. The summed E-state index contributed by atoms with van der Waals surface area (Å²) in [6.45, 7) is 0. The average Bonchev–Trinajstić information content (AvgIpc) is 1.82. The van der Waals surface area contributed by atoms with Gasteiger partial charge in [-0.1, -0.05) is 0 Å². The fourth-order valence-electron chi connectivity index (χ4n) is 0.467. The number of anilines is 1. The molecule has 0 bridgehead atoms. The molecule has 2 nitrogen and oxygen atoms in total. The lowest BCUT2D eigenvalue weighted by atomic mass is 10.4. The Bertz CT molecular complexity index is 241. The molecule has 10 heavy (non-hydrogen) atoms. The largest absolute Gasteiger partial charge is 0.394 e. The maximum absolute atomic E-state index is 12.4. The third-order valence-electron chi connectivity index (χ3n) is 0.930. The van der Waals surface area contributed by atoms with Crippen LogP contribution < -0.4 is 5.73 Å². The molecule has 0 amide bonds. The van der Waals surface area contributed by atoms with Crippen LogP contribution in [0.4, 0.5) is 14.5 Å². The van der Waals surface area contributed by atoms with Crippen molar-refractivity contribution in [2.75, 3.05) is 5.73 Å². The van der Waals surface area contributed by atoms with Gasteiger partial charge in [-0.25, -0.2) is 9.37 Å². The van der Waals surface area contributed by atoms with E-state index >= 15 is 0 Å². The van der Waals surface area contributed by atoms with Gasteiger partial charge in [0.25, 0.3) is 0 Å². The lowest BCUT2D eigenvalue weighted by Gasteiger charge is -1.97. The number of nitrogens with zero attached hydrogens (tertiary/aromatic N) is 1. The molecule has 0 radical (unpaired) electrons. The van der Waals surface area contributed by atoms with Gasteiger partial charge in [-0.3, -0.25) is 0 Å². The van der Waals surface area contributed by atoms with E-state index in [4.69, 9.17) is 5.73 Å². The number of rotatable bonds is 0. The van der Waals surface area contributed by atoms with Crippen LogP contribution in [0.15, 0.2) is 6.07 Å². The molecule has 2 N–H and O–H groups in total.